The second kappa shape index (κ2) is 8.68. The Labute approximate surface area is 118 Å². The quantitative estimate of drug-likeness (QED) is 0.791. The van der Waals surface area contributed by atoms with Crippen LogP contribution >= 0.6 is 11.6 Å². The zero-order valence-corrected chi connectivity index (χ0v) is 12.7. The van der Waals surface area contributed by atoms with E-state index in [0.717, 1.165) is 30.7 Å². The summed E-state index contributed by atoms with van der Waals surface area (Å²) >= 11 is 6.07. The van der Waals surface area contributed by atoms with Crippen molar-refractivity contribution >= 4 is 22.4 Å². The van der Waals surface area contributed by atoms with Crippen molar-refractivity contribution in [3.05, 3.63) is 29.3 Å². The van der Waals surface area contributed by atoms with E-state index in [9.17, 15) is 4.21 Å². The predicted octanol–water partition coefficient (Wildman–Crippen LogP) is 3.62. The summed E-state index contributed by atoms with van der Waals surface area (Å²) in [7, 11) is -1.02. The van der Waals surface area contributed by atoms with Gasteiger partial charge < -0.3 is 5.32 Å². The monoisotopic (exact) mass is 287 g/mol. The molecule has 0 spiro atoms. The number of hydrogen-bond acceptors (Lipinski definition) is 2. The minimum atomic E-state index is -1.02. The normalized spacial score (nSPS) is 14.4. The molecule has 0 saturated carbocycles. The second-order valence-corrected chi connectivity index (χ2v) is 6.25. The van der Waals surface area contributed by atoms with Crippen molar-refractivity contribution < 1.29 is 4.21 Å². The van der Waals surface area contributed by atoms with E-state index in [1.165, 1.54) is 0 Å². The fraction of sp³-hybridized carbons (Fsp3) is 0.571. The van der Waals surface area contributed by atoms with E-state index in [4.69, 9.17) is 11.6 Å². The maximum Gasteiger partial charge on any atom is 0.0574 e. The van der Waals surface area contributed by atoms with Gasteiger partial charge in [0.1, 0.15) is 0 Å². The molecule has 0 radical (unpaired) electrons. The topological polar surface area (TPSA) is 29.1 Å². The van der Waals surface area contributed by atoms with Crippen molar-refractivity contribution in [3.8, 4) is 0 Å². The second-order valence-electron chi connectivity index (χ2n) is 4.38. The maximum atomic E-state index is 12.3. The number of hydrogen-bond donors (Lipinski definition) is 1. The highest BCUT2D eigenvalue weighted by molar-refractivity contribution is 7.85. The first-order chi connectivity index (χ1) is 8.69. The number of halogens is 1. The van der Waals surface area contributed by atoms with Crippen LogP contribution in [0.4, 0.5) is 0 Å². The molecule has 0 aliphatic carbocycles. The molecule has 1 aromatic carbocycles. The van der Waals surface area contributed by atoms with Gasteiger partial charge in [0, 0.05) is 11.8 Å². The Morgan fingerprint density at radius 1 is 1.28 bits per heavy atom. The van der Waals surface area contributed by atoms with E-state index >= 15 is 0 Å². The van der Waals surface area contributed by atoms with Crippen LogP contribution in [0.1, 0.15) is 33.1 Å². The molecule has 0 aliphatic heterocycles. The zero-order chi connectivity index (χ0) is 13.4. The van der Waals surface area contributed by atoms with Crippen LogP contribution in [-0.4, -0.2) is 22.5 Å². The third-order valence-electron chi connectivity index (χ3n) is 2.75. The van der Waals surface area contributed by atoms with E-state index in [2.05, 4.69) is 19.2 Å². The lowest BCUT2D eigenvalue weighted by atomic mass is 10.2. The molecule has 0 aliphatic rings. The maximum absolute atomic E-state index is 12.3. The van der Waals surface area contributed by atoms with Gasteiger partial charge in [0.15, 0.2) is 0 Å². The Morgan fingerprint density at radius 2 is 2.00 bits per heavy atom. The molecule has 1 aromatic rings. The molecule has 2 unspecified atom stereocenters. The van der Waals surface area contributed by atoms with Crippen molar-refractivity contribution in [2.45, 2.75) is 44.0 Å². The van der Waals surface area contributed by atoms with Gasteiger partial charge >= 0.3 is 0 Å². The third kappa shape index (κ3) is 5.09. The molecule has 4 heteroatoms. The summed E-state index contributed by atoms with van der Waals surface area (Å²) in [6, 6.07) is 7.70. The van der Waals surface area contributed by atoms with Crippen molar-refractivity contribution in [2.24, 2.45) is 0 Å². The molecule has 2 atom stereocenters. The summed E-state index contributed by atoms with van der Waals surface area (Å²) in [6.07, 6.45) is 3.25. The Morgan fingerprint density at radius 3 is 2.61 bits per heavy atom. The van der Waals surface area contributed by atoms with Crippen LogP contribution in [0, 0.1) is 0 Å². The van der Waals surface area contributed by atoms with Crippen molar-refractivity contribution in [2.75, 3.05) is 12.3 Å². The van der Waals surface area contributed by atoms with Gasteiger partial charge in [-0.25, -0.2) is 0 Å². The molecule has 102 valence electrons. The Balaban J connectivity index is 2.63. The third-order valence-corrected chi connectivity index (χ3v) is 4.75. The molecule has 0 aromatic heterocycles. The average Bonchev–Trinajstić information content (AvgIpc) is 2.36. The van der Waals surface area contributed by atoms with Crippen molar-refractivity contribution in [3.63, 3.8) is 0 Å². The van der Waals surface area contributed by atoms with Gasteiger partial charge in [-0.1, -0.05) is 44.0 Å². The van der Waals surface area contributed by atoms with Crippen molar-refractivity contribution in [1.82, 2.24) is 5.32 Å². The van der Waals surface area contributed by atoms with Crippen LogP contribution in [0.25, 0.3) is 0 Å². The molecule has 1 N–H and O–H groups in total. The number of nitrogens with one attached hydrogen (secondary N) is 1. The van der Waals surface area contributed by atoms with Gasteiger partial charge in [0.25, 0.3) is 0 Å². The minimum Gasteiger partial charge on any atom is -0.313 e. The minimum absolute atomic E-state index is 0.312. The largest absolute Gasteiger partial charge is 0.313 e. The van der Waals surface area contributed by atoms with Gasteiger partial charge in [-0.3, -0.25) is 4.21 Å². The summed E-state index contributed by atoms with van der Waals surface area (Å²) in [6.45, 7) is 5.27. The van der Waals surface area contributed by atoms with Gasteiger partial charge in [0.2, 0.25) is 0 Å². The summed E-state index contributed by atoms with van der Waals surface area (Å²) < 4.78 is 12.3. The van der Waals surface area contributed by atoms with Crippen LogP contribution in [-0.2, 0) is 10.8 Å². The average molecular weight is 288 g/mol. The Kier molecular flexibility index (Phi) is 7.56. The van der Waals surface area contributed by atoms with Gasteiger partial charge in [0.05, 0.1) is 20.7 Å². The lowest BCUT2D eigenvalue weighted by Crippen LogP contribution is -2.34. The zero-order valence-electron chi connectivity index (χ0n) is 11.1. The molecule has 1 rings (SSSR count). The van der Waals surface area contributed by atoms with E-state index in [0.29, 0.717) is 16.8 Å². The summed E-state index contributed by atoms with van der Waals surface area (Å²) in [5.41, 5.74) is 0. The van der Waals surface area contributed by atoms with Crippen molar-refractivity contribution in [1.29, 1.82) is 0 Å². The first kappa shape index (κ1) is 15.7. The molecular formula is C14H22ClNOS. The standard InChI is InChI=1S/C14H22ClNOS/c1-3-7-12(16-10-4-2)11-18(17)14-9-6-5-8-13(14)15/h5-6,8-9,12,16H,3-4,7,10-11H2,1-2H3. The molecule has 2 nitrogen and oxygen atoms in total. The summed E-state index contributed by atoms with van der Waals surface area (Å²) in [4.78, 5) is 0.749. The van der Waals surface area contributed by atoms with Gasteiger partial charge in [-0.2, -0.15) is 0 Å². The fourth-order valence-electron chi connectivity index (χ4n) is 1.84. The predicted molar refractivity (Wildman–Crippen MR) is 79.7 cm³/mol. The summed E-state index contributed by atoms with van der Waals surface area (Å²) in [5.74, 6) is 0.636. The molecule has 0 saturated heterocycles. The first-order valence-corrected chi connectivity index (χ1v) is 8.25. The fourth-order valence-corrected chi connectivity index (χ4v) is 3.58. The number of rotatable bonds is 8. The van der Waals surface area contributed by atoms with Crippen LogP contribution < -0.4 is 5.32 Å². The van der Waals surface area contributed by atoms with Crippen LogP contribution in [0.5, 0.6) is 0 Å². The molecule has 18 heavy (non-hydrogen) atoms. The van der Waals surface area contributed by atoms with E-state index < -0.39 is 10.8 Å². The highest BCUT2D eigenvalue weighted by Gasteiger charge is 2.14. The van der Waals surface area contributed by atoms with Gasteiger partial charge in [-0.05, 0) is 31.5 Å². The first-order valence-electron chi connectivity index (χ1n) is 6.55. The SMILES string of the molecule is CCCNC(CCC)CS(=O)c1ccccc1Cl. The van der Waals surface area contributed by atoms with Crippen LogP contribution in [0.15, 0.2) is 29.2 Å². The highest BCUT2D eigenvalue weighted by Crippen LogP contribution is 2.19. The molecule has 0 fully saturated rings. The number of benzene rings is 1. The lowest BCUT2D eigenvalue weighted by Gasteiger charge is -2.17. The summed E-state index contributed by atoms with van der Waals surface area (Å²) in [5, 5.41) is 4.05. The Hall–Kier alpha value is -0.380. The molecule has 0 bridgehead atoms. The molecular weight excluding hydrogens is 266 g/mol. The van der Waals surface area contributed by atoms with Crippen LogP contribution in [0.2, 0.25) is 5.02 Å². The molecule has 0 amide bonds. The smallest absolute Gasteiger partial charge is 0.0574 e. The van der Waals surface area contributed by atoms with E-state index in [1.807, 2.05) is 18.2 Å². The van der Waals surface area contributed by atoms with Gasteiger partial charge in [-0.15, -0.1) is 0 Å². The lowest BCUT2D eigenvalue weighted by molar-refractivity contribution is 0.510. The van der Waals surface area contributed by atoms with Crippen LogP contribution in [0.3, 0.4) is 0 Å². The van der Waals surface area contributed by atoms with E-state index in [-0.39, 0.29) is 0 Å². The highest BCUT2D eigenvalue weighted by atomic mass is 35.5. The Bertz CT molecular complexity index is 384. The van der Waals surface area contributed by atoms with E-state index in [1.54, 1.807) is 6.07 Å². The molecule has 0 heterocycles.